The minimum atomic E-state index is -4.69. The van der Waals surface area contributed by atoms with E-state index in [0.717, 1.165) is 29.3 Å². The number of alkyl halides is 3. The van der Waals surface area contributed by atoms with Crippen LogP contribution >= 0.6 is 11.6 Å². The zero-order valence-electron chi connectivity index (χ0n) is 22.8. The molecule has 2 amide bonds. The van der Waals surface area contributed by atoms with Gasteiger partial charge in [-0.3, -0.25) is 14.6 Å². The fourth-order valence-electron chi connectivity index (χ4n) is 5.49. The summed E-state index contributed by atoms with van der Waals surface area (Å²) >= 11 is 6.02. The van der Waals surface area contributed by atoms with Crippen molar-refractivity contribution in [2.45, 2.75) is 50.9 Å². The number of rotatable bonds is 5. The molecule has 2 N–H and O–H groups in total. The van der Waals surface area contributed by atoms with E-state index in [1.54, 1.807) is 19.1 Å². The number of carbonyl (C=O) groups excluding carboxylic acids is 2. The maximum absolute atomic E-state index is 14.6. The number of nitrogens with one attached hydrogen (secondary N) is 1. The molecule has 1 fully saturated rings. The first-order valence-electron chi connectivity index (χ1n) is 13.4. The summed E-state index contributed by atoms with van der Waals surface area (Å²) in [5.41, 5.74) is -2.86. The molecule has 0 saturated carbocycles. The molecule has 7 nitrogen and oxygen atoms in total. The molecule has 3 aliphatic rings. The summed E-state index contributed by atoms with van der Waals surface area (Å²) in [4.78, 5) is 31.5. The summed E-state index contributed by atoms with van der Waals surface area (Å²) in [7, 11) is 0. The topological polar surface area (TPSA) is 85.2 Å². The number of hydrazine groups is 1. The highest BCUT2D eigenvalue weighted by Gasteiger charge is 2.52. The van der Waals surface area contributed by atoms with Gasteiger partial charge in [0.15, 0.2) is 11.6 Å². The Kier molecular flexibility index (Phi) is 8.19. The molecule has 226 valence electrons. The average Bonchev–Trinajstić information content (AvgIpc) is 3.34. The minimum absolute atomic E-state index is 0.0333. The van der Waals surface area contributed by atoms with Gasteiger partial charge in [-0.2, -0.15) is 13.2 Å². The van der Waals surface area contributed by atoms with Gasteiger partial charge in [-0.25, -0.2) is 18.8 Å². The summed E-state index contributed by atoms with van der Waals surface area (Å²) in [6.45, 7) is 1.48. The first-order valence-corrected chi connectivity index (χ1v) is 13.8. The molecule has 2 aromatic carbocycles. The molecular formula is C30H26ClF5N4O3. The number of fused-ring (bicyclic) bond motifs is 1. The number of aliphatic hydroxyl groups is 1. The minimum Gasteiger partial charge on any atom is -0.509 e. The van der Waals surface area contributed by atoms with Crippen molar-refractivity contribution in [1.82, 2.24) is 10.0 Å². The second kappa shape index (κ2) is 11.6. The lowest BCUT2D eigenvalue weighted by atomic mass is 9.90. The third kappa shape index (κ3) is 5.81. The van der Waals surface area contributed by atoms with Gasteiger partial charge in [-0.1, -0.05) is 29.8 Å². The molecule has 0 radical (unpaired) electrons. The van der Waals surface area contributed by atoms with Crippen LogP contribution in [0.1, 0.15) is 49.3 Å². The van der Waals surface area contributed by atoms with Crippen LogP contribution in [0.5, 0.6) is 0 Å². The van der Waals surface area contributed by atoms with Crippen molar-refractivity contribution in [3.05, 3.63) is 93.4 Å². The Morgan fingerprint density at radius 2 is 1.91 bits per heavy atom. The second-order valence-electron chi connectivity index (χ2n) is 10.5. The molecule has 1 atom stereocenters. The molecule has 0 bridgehead atoms. The van der Waals surface area contributed by atoms with Crippen LogP contribution in [0.3, 0.4) is 0 Å². The number of aliphatic hydroxyl groups excluding tert-OH is 1. The van der Waals surface area contributed by atoms with Crippen molar-refractivity contribution in [3.63, 3.8) is 0 Å². The van der Waals surface area contributed by atoms with E-state index in [1.165, 1.54) is 23.4 Å². The third-order valence-corrected chi connectivity index (χ3v) is 8.00. The zero-order valence-corrected chi connectivity index (χ0v) is 23.6. The monoisotopic (exact) mass is 620 g/mol. The van der Waals surface area contributed by atoms with Crippen molar-refractivity contribution >= 4 is 40.9 Å². The summed E-state index contributed by atoms with van der Waals surface area (Å²) in [6, 6.07) is 6.20. The quantitative estimate of drug-likeness (QED) is 0.217. The van der Waals surface area contributed by atoms with E-state index in [1.807, 2.05) is 0 Å². The van der Waals surface area contributed by atoms with E-state index >= 15 is 0 Å². The Morgan fingerprint density at radius 3 is 2.65 bits per heavy atom. The number of aliphatic imine (C=N–C) groups is 1. The van der Waals surface area contributed by atoms with Crippen LogP contribution in [-0.4, -0.2) is 45.2 Å². The summed E-state index contributed by atoms with van der Waals surface area (Å²) < 4.78 is 69.5. The van der Waals surface area contributed by atoms with Crippen LogP contribution in [-0.2, 0) is 22.3 Å². The molecule has 0 aromatic heterocycles. The van der Waals surface area contributed by atoms with Crippen LogP contribution in [0.25, 0.3) is 5.57 Å². The molecule has 0 spiro atoms. The van der Waals surface area contributed by atoms with Crippen molar-refractivity contribution in [1.29, 1.82) is 0 Å². The third-order valence-electron chi connectivity index (χ3n) is 7.75. The molecule has 3 heterocycles. The van der Waals surface area contributed by atoms with Crippen molar-refractivity contribution in [2.75, 3.05) is 11.9 Å². The van der Waals surface area contributed by atoms with Gasteiger partial charge < -0.3 is 10.4 Å². The van der Waals surface area contributed by atoms with Gasteiger partial charge in [0.25, 0.3) is 11.8 Å². The molecule has 3 aliphatic heterocycles. The number of anilines is 1. The van der Waals surface area contributed by atoms with Crippen molar-refractivity contribution in [2.24, 2.45) is 4.99 Å². The van der Waals surface area contributed by atoms with Gasteiger partial charge in [0.1, 0.15) is 16.5 Å². The molecule has 5 rings (SSSR count). The number of halogens is 6. The maximum atomic E-state index is 14.6. The largest absolute Gasteiger partial charge is 0.509 e. The predicted molar refractivity (Wildman–Crippen MR) is 151 cm³/mol. The molecular weight excluding hydrogens is 595 g/mol. The zero-order chi connectivity index (χ0) is 31.1. The van der Waals surface area contributed by atoms with Gasteiger partial charge in [-0.05, 0) is 68.5 Å². The highest BCUT2D eigenvalue weighted by atomic mass is 35.5. The SMILES string of the molecule is C[C@]12CCCN1N(Cc1cccc(F)c1F)C(=O)C(C(=O)Nc1ccc(C(F)(F)F)cc1C1=CCC/C=C(\Cl)N=C1)=C2O. The second-order valence-corrected chi connectivity index (χ2v) is 10.9. The van der Waals surface area contributed by atoms with Crippen LogP contribution in [0.2, 0.25) is 0 Å². The number of hydrogen-bond acceptors (Lipinski definition) is 5. The van der Waals surface area contributed by atoms with Gasteiger partial charge in [0.2, 0.25) is 0 Å². The fraction of sp³-hybridized carbons (Fsp3) is 0.300. The van der Waals surface area contributed by atoms with E-state index in [9.17, 15) is 36.6 Å². The number of amides is 2. The number of nitrogens with zero attached hydrogens (tertiary/aromatic N) is 3. The lowest BCUT2D eigenvalue weighted by Gasteiger charge is -2.46. The average molecular weight is 621 g/mol. The Morgan fingerprint density at radius 1 is 1.16 bits per heavy atom. The van der Waals surface area contributed by atoms with E-state index in [-0.39, 0.29) is 27.5 Å². The first kappa shape index (κ1) is 30.4. The van der Waals surface area contributed by atoms with E-state index < -0.39 is 58.6 Å². The standard InChI is InChI=1S/C30H26ClF5N4O3/c1-29-12-5-13-40(29)39(16-18-7-4-8-21(32)25(18)33)28(43)24(26(29)41)27(42)38-22-11-10-19(30(34,35)36)14-20(22)17-6-2-3-9-23(31)37-15-17/h4,6-11,14-15,41H,2-3,5,12-13,16H2,1H3,(H,38,42)/b17-6?,23-9+,37-15?/t29-/m1/s1. The number of allylic oxidation sites excluding steroid dienone is 3. The molecule has 2 aromatic rings. The van der Waals surface area contributed by atoms with E-state index in [0.29, 0.717) is 32.2 Å². The Bertz CT molecular complexity index is 1620. The highest BCUT2D eigenvalue weighted by Crippen LogP contribution is 2.42. The molecule has 1 saturated heterocycles. The van der Waals surface area contributed by atoms with Crippen LogP contribution in [0.15, 0.2) is 70.0 Å². The van der Waals surface area contributed by atoms with Crippen LogP contribution < -0.4 is 5.32 Å². The Hall–Kier alpha value is -4.03. The van der Waals surface area contributed by atoms with Crippen LogP contribution in [0.4, 0.5) is 27.6 Å². The fourth-order valence-corrected chi connectivity index (χ4v) is 5.65. The summed E-state index contributed by atoms with van der Waals surface area (Å²) in [5.74, 6) is -4.85. The van der Waals surface area contributed by atoms with Crippen molar-refractivity contribution in [3.8, 4) is 0 Å². The molecule has 0 aliphatic carbocycles. The van der Waals surface area contributed by atoms with Gasteiger partial charge in [0.05, 0.1) is 17.6 Å². The van der Waals surface area contributed by atoms with Gasteiger partial charge in [0, 0.05) is 29.6 Å². The normalized spacial score (nSPS) is 22.5. The predicted octanol–water partition coefficient (Wildman–Crippen LogP) is 6.87. The summed E-state index contributed by atoms with van der Waals surface area (Å²) in [6.07, 6.45) is 1.65. The lowest BCUT2D eigenvalue weighted by Crippen LogP contribution is -2.60. The number of benzene rings is 2. The molecule has 43 heavy (non-hydrogen) atoms. The number of hydrogen-bond donors (Lipinski definition) is 2. The summed E-state index contributed by atoms with van der Waals surface area (Å²) in [5, 5.41) is 16.5. The van der Waals surface area contributed by atoms with Crippen molar-refractivity contribution < 1.29 is 36.6 Å². The molecule has 0 unspecified atom stereocenters. The highest BCUT2D eigenvalue weighted by molar-refractivity contribution is 6.30. The lowest BCUT2D eigenvalue weighted by molar-refractivity contribution is -0.160. The molecule has 13 heteroatoms. The maximum Gasteiger partial charge on any atom is 0.416 e. The Labute approximate surface area is 248 Å². The van der Waals surface area contributed by atoms with Crippen LogP contribution in [0, 0.1) is 11.6 Å². The van der Waals surface area contributed by atoms with Gasteiger partial charge >= 0.3 is 6.18 Å². The smallest absolute Gasteiger partial charge is 0.416 e. The van der Waals surface area contributed by atoms with E-state index in [4.69, 9.17) is 11.6 Å². The van der Waals surface area contributed by atoms with E-state index in [2.05, 4.69) is 10.3 Å². The Balaban J connectivity index is 1.54. The van der Waals surface area contributed by atoms with Gasteiger partial charge in [-0.15, -0.1) is 0 Å². The first-order chi connectivity index (χ1) is 20.3. The number of carbonyl (C=O) groups is 2.